The number of benzene rings is 2. The van der Waals surface area contributed by atoms with Crippen molar-refractivity contribution in [2.75, 3.05) is 31.1 Å². The highest BCUT2D eigenvalue weighted by Gasteiger charge is 2.23. The number of likely N-dealkylation sites (N-methyl/N-ethyl adjacent to an activating group) is 1. The van der Waals surface area contributed by atoms with Gasteiger partial charge in [-0.2, -0.15) is 0 Å². The standard InChI is InChI=1S/C24H30ClN3OS/c1-6-27(7-2)14-15-28(23-26-20-13-12-19(25)16-21(20)30-23)22(29)17-8-10-18(11-9-17)24(3,4)5/h8-13,16H,6-7,14-15H2,1-5H3. The first-order valence-corrected chi connectivity index (χ1v) is 11.6. The highest BCUT2D eigenvalue weighted by molar-refractivity contribution is 7.22. The van der Waals surface area contributed by atoms with Crippen LogP contribution in [0.15, 0.2) is 42.5 Å². The Balaban J connectivity index is 1.94. The number of aromatic nitrogens is 1. The van der Waals surface area contributed by atoms with Crippen LogP contribution in [-0.2, 0) is 5.41 Å². The van der Waals surface area contributed by atoms with Crippen LogP contribution in [0, 0.1) is 0 Å². The minimum atomic E-state index is -0.0206. The molecule has 1 aromatic heterocycles. The van der Waals surface area contributed by atoms with Crippen molar-refractivity contribution in [2.45, 2.75) is 40.0 Å². The molecule has 0 aliphatic rings. The molecule has 1 amide bonds. The van der Waals surface area contributed by atoms with Crippen LogP contribution in [0.3, 0.4) is 0 Å². The second-order valence-electron chi connectivity index (χ2n) is 8.42. The van der Waals surface area contributed by atoms with Gasteiger partial charge in [0.1, 0.15) is 0 Å². The predicted octanol–water partition coefficient (Wildman–Crippen LogP) is 6.24. The third-order valence-electron chi connectivity index (χ3n) is 5.35. The van der Waals surface area contributed by atoms with Crippen molar-refractivity contribution in [1.82, 2.24) is 9.88 Å². The van der Waals surface area contributed by atoms with E-state index in [1.54, 1.807) is 0 Å². The van der Waals surface area contributed by atoms with Gasteiger partial charge in [-0.05, 0) is 54.4 Å². The number of hydrogen-bond donors (Lipinski definition) is 0. The highest BCUT2D eigenvalue weighted by Crippen LogP contribution is 2.32. The van der Waals surface area contributed by atoms with E-state index in [1.807, 2.05) is 47.4 Å². The number of carbonyl (C=O) groups excluding carboxylic acids is 1. The van der Waals surface area contributed by atoms with Crippen molar-refractivity contribution >= 4 is 44.2 Å². The maximum atomic E-state index is 13.5. The van der Waals surface area contributed by atoms with Crippen molar-refractivity contribution in [3.8, 4) is 0 Å². The van der Waals surface area contributed by atoms with Gasteiger partial charge in [-0.25, -0.2) is 4.98 Å². The third kappa shape index (κ3) is 5.20. The van der Waals surface area contributed by atoms with Gasteiger partial charge < -0.3 is 4.90 Å². The summed E-state index contributed by atoms with van der Waals surface area (Å²) < 4.78 is 0.987. The molecule has 0 aliphatic carbocycles. The van der Waals surface area contributed by atoms with Crippen LogP contribution in [-0.4, -0.2) is 42.0 Å². The second-order valence-corrected chi connectivity index (χ2v) is 9.87. The van der Waals surface area contributed by atoms with Gasteiger partial charge in [0.25, 0.3) is 5.91 Å². The summed E-state index contributed by atoms with van der Waals surface area (Å²) in [5, 5.41) is 1.39. The summed E-state index contributed by atoms with van der Waals surface area (Å²) in [6.07, 6.45) is 0. The molecule has 0 unspecified atom stereocenters. The van der Waals surface area contributed by atoms with Crippen LogP contribution in [0.5, 0.6) is 0 Å². The predicted molar refractivity (Wildman–Crippen MR) is 129 cm³/mol. The lowest BCUT2D eigenvalue weighted by Gasteiger charge is -2.25. The summed E-state index contributed by atoms with van der Waals surface area (Å²) in [5.41, 5.74) is 2.81. The maximum absolute atomic E-state index is 13.5. The lowest BCUT2D eigenvalue weighted by molar-refractivity contribution is 0.0983. The Bertz CT molecular complexity index is 1000. The molecular formula is C24H30ClN3OS. The van der Waals surface area contributed by atoms with E-state index in [4.69, 9.17) is 16.6 Å². The van der Waals surface area contributed by atoms with Gasteiger partial charge in [0.05, 0.1) is 10.2 Å². The quantitative estimate of drug-likeness (QED) is 0.433. The van der Waals surface area contributed by atoms with Crippen molar-refractivity contribution in [1.29, 1.82) is 0 Å². The average molecular weight is 444 g/mol. The fourth-order valence-corrected chi connectivity index (χ4v) is 4.60. The number of rotatable bonds is 7. The number of anilines is 1. The molecule has 0 atom stereocenters. The summed E-state index contributed by atoms with van der Waals surface area (Å²) >= 11 is 7.66. The summed E-state index contributed by atoms with van der Waals surface area (Å²) in [7, 11) is 0. The van der Waals surface area contributed by atoms with Gasteiger partial charge in [0.2, 0.25) is 0 Å². The van der Waals surface area contributed by atoms with E-state index >= 15 is 0 Å². The normalized spacial score (nSPS) is 12.0. The topological polar surface area (TPSA) is 36.4 Å². The molecule has 6 heteroatoms. The Hall–Kier alpha value is -1.95. The SMILES string of the molecule is CCN(CC)CCN(C(=O)c1ccc(C(C)(C)C)cc1)c1nc2ccc(Cl)cc2s1. The van der Waals surface area contributed by atoms with Gasteiger partial charge in [-0.3, -0.25) is 9.69 Å². The van der Waals surface area contributed by atoms with E-state index in [-0.39, 0.29) is 11.3 Å². The zero-order valence-corrected chi connectivity index (χ0v) is 20.0. The number of thiazole rings is 1. The number of fused-ring (bicyclic) bond motifs is 1. The lowest BCUT2D eigenvalue weighted by atomic mass is 9.86. The monoisotopic (exact) mass is 443 g/mol. The number of nitrogens with zero attached hydrogens (tertiary/aromatic N) is 3. The first-order chi connectivity index (χ1) is 14.2. The highest BCUT2D eigenvalue weighted by atomic mass is 35.5. The molecule has 0 fully saturated rings. The molecule has 0 N–H and O–H groups in total. The van der Waals surface area contributed by atoms with Crippen LogP contribution < -0.4 is 4.90 Å². The van der Waals surface area contributed by atoms with E-state index < -0.39 is 0 Å². The van der Waals surface area contributed by atoms with Gasteiger partial charge in [-0.1, -0.05) is 69.7 Å². The van der Waals surface area contributed by atoms with Crippen LogP contribution in [0.1, 0.15) is 50.5 Å². The van der Waals surface area contributed by atoms with Crippen LogP contribution in [0.2, 0.25) is 5.02 Å². The smallest absolute Gasteiger partial charge is 0.260 e. The number of amides is 1. The molecule has 4 nitrogen and oxygen atoms in total. The third-order valence-corrected chi connectivity index (χ3v) is 6.62. The maximum Gasteiger partial charge on any atom is 0.260 e. The minimum Gasteiger partial charge on any atom is -0.302 e. The van der Waals surface area contributed by atoms with Crippen LogP contribution >= 0.6 is 22.9 Å². The largest absolute Gasteiger partial charge is 0.302 e. The molecule has 0 saturated carbocycles. The van der Waals surface area contributed by atoms with Gasteiger partial charge in [0, 0.05) is 23.7 Å². The van der Waals surface area contributed by atoms with Gasteiger partial charge in [0.15, 0.2) is 5.13 Å². The zero-order chi connectivity index (χ0) is 21.9. The minimum absolute atomic E-state index is 0.0206. The molecule has 160 valence electrons. The molecular weight excluding hydrogens is 414 g/mol. The van der Waals surface area contributed by atoms with E-state index in [0.29, 0.717) is 22.3 Å². The lowest BCUT2D eigenvalue weighted by Crippen LogP contribution is -2.38. The Kier molecular flexibility index (Phi) is 7.17. The Morgan fingerprint density at radius 2 is 1.70 bits per heavy atom. The summed E-state index contributed by atoms with van der Waals surface area (Å²) in [4.78, 5) is 22.3. The van der Waals surface area contributed by atoms with Crippen molar-refractivity contribution < 1.29 is 4.79 Å². The van der Waals surface area contributed by atoms with E-state index in [1.165, 1.54) is 16.9 Å². The fourth-order valence-electron chi connectivity index (χ4n) is 3.34. The molecule has 0 bridgehead atoms. The summed E-state index contributed by atoms with van der Waals surface area (Å²) in [6, 6.07) is 13.6. The fraction of sp³-hybridized carbons (Fsp3) is 0.417. The molecule has 2 aromatic carbocycles. The molecule has 1 heterocycles. The Morgan fingerprint density at radius 3 is 2.30 bits per heavy atom. The molecule has 30 heavy (non-hydrogen) atoms. The Morgan fingerprint density at radius 1 is 1.03 bits per heavy atom. The van der Waals surface area contributed by atoms with E-state index in [2.05, 4.69) is 39.5 Å². The first-order valence-electron chi connectivity index (χ1n) is 10.4. The van der Waals surface area contributed by atoms with E-state index in [0.717, 1.165) is 29.9 Å². The number of halogens is 1. The molecule has 0 aliphatic heterocycles. The molecule has 3 aromatic rings. The molecule has 0 radical (unpaired) electrons. The second kappa shape index (κ2) is 9.46. The van der Waals surface area contributed by atoms with Crippen molar-refractivity contribution in [2.24, 2.45) is 0 Å². The number of hydrogen-bond acceptors (Lipinski definition) is 4. The zero-order valence-electron chi connectivity index (χ0n) is 18.4. The van der Waals surface area contributed by atoms with Crippen LogP contribution in [0.25, 0.3) is 10.2 Å². The van der Waals surface area contributed by atoms with E-state index in [9.17, 15) is 4.79 Å². The number of carbonyl (C=O) groups is 1. The molecule has 0 spiro atoms. The summed E-state index contributed by atoms with van der Waals surface area (Å²) in [6.45, 7) is 14.1. The van der Waals surface area contributed by atoms with Crippen molar-refractivity contribution in [3.05, 3.63) is 58.6 Å². The Labute approximate surface area is 188 Å². The van der Waals surface area contributed by atoms with Gasteiger partial charge >= 0.3 is 0 Å². The van der Waals surface area contributed by atoms with Gasteiger partial charge in [-0.15, -0.1) is 0 Å². The first kappa shape index (κ1) is 22.7. The average Bonchev–Trinajstić information content (AvgIpc) is 3.13. The summed E-state index contributed by atoms with van der Waals surface area (Å²) in [5.74, 6) is -0.0206. The molecule has 3 rings (SSSR count). The molecule has 0 saturated heterocycles. The van der Waals surface area contributed by atoms with Crippen molar-refractivity contribution in [3.63, 3.8) is 0 Å². The van der Waals surface area contributed by atoms with Crippen LogP contribution in [0.4, 0.5) is 5.13 Å².